The van der Waals surface area contributed by atoms with Crippen LogP contribution in [0.2, 0.25) is 0 Å². The molecule has 6 nitrogen and oxygen atoms in total. The van der Waals surface area contributed by atoms with E-state index < -0.39 is 0 Å². The minimum Gasteiger partial charge on any atom is -0.280 e. The zero-order valence-corrected chi connectivity index (χ0v) is 12.6. The summed E-state index contributed by atoms with van der Waals surface area (Å²) in [5, 5.41) is 18.2. The Hall–Kier alpha value is -2.25. The second kappa shape index (κ2) is 5.19. The van der Waals surface area contributed by atoms with Gasteiger partial charge in [0, 0.05) is 35.5 Å². The van der Waals surface area contributed by atoms with Crippen molar-refractivity contribution in [3.8, 4) is 0 Å². The van der Waals surface area contributed by atoms with E-state index in [0.717, 1.165) is 30.4 Å². The topological polar surface area (TPSA) is 64.2 Å². The molecule has 0 spiro atoms. The van der Waals surface area contributed by atoms with Crippen molar-refractivity contribution in [1.82, 2.24) is 14.7 Å². The second-order valence-corrected chi connectivity index (χ2v) is 6.46. The zero-order valence-electron chi connectivity index (χ0n) is 11.8. The number of aromatic nitrogens is 2. The van der Waals surface area contributed by atoms with E-state index in [4.69, 9.17) is 0 Å². The summed E-state index contributed by atoms with van der Waals surface area (Å²) in [6, 6.07) is 7.08. The molecule has 3 aromatic rings. The summed E-state index contributed by atoms with van der Waals surface area (Å²) < 4.78 is 1.91. The minimum atomic E-state index is -0.375. The molecule has 1 aliphatic heterocycles. The first kappa shape index (κ1) is 13.4. The lowest BCUT2D eigenvalue weighted by Crippen LogP contribution is -2.31. The second-order valence-electron chi connectivity index (χ2n) is 5.46. The molecule has 0 aliphatic carbocycles. The van der Waals surface area contributed by atoms with Crippen LogP contribution in [0.25, 0.3) is 10.9 Å². The van der Waals surface area contributed by atoms with Gasteiger partial charge in [-0.1, -0.05) is 0 Å². The quantitative estimate of drug-likeness (QED) is 0.550. The van der Waals surface area contributed by atoms with Crippen LogP contribution in [-0.2, 0) is 19.6 Å². The van der Waals surface area contributed by atoms with Gasteiger partial charge in [-0.3, -0.25) is 19.7 Å². The number of nitrogens with zero attached hydrogens (tertiary/aromatic N) is 4. The molecule has 0 radical (unpaired) electrons. The third kappa shape index (κ3) is 2.28. The summed E-state index contributed by atoms with van der Waals surface area (Å²) in [6.45, 7) is 2.66. The third-order valence-corrected chi connectivity index (χ3v) is 5.08. The molecule has 22 heavy (non-hydrogen) atoms. The molecule has 0 unspecified atom stereocenters. The summed E-state index contributed by atoms with van der Waals surface area (Å²) in [5.74, 6) is 0. The van der Waals surface area contributed by atoms with E-state index in [1.165, 1.54) is 16.5 Å². The van der Waals surface area contributed by atoms with Crippen molar-refractivity contribution < 1.29 is 4.92 Å². The van der Waals surface area contributed by atoms with Gasteiger partial charge in [0.1, 0.15) is 0 Å². The third-order valence-electron chi connectivity index (χ3n) is 4.06. The molecule has 0 atom stereocenters. The van der Waals surface area contributed by atoms with Crippen LogP contribution in [0.1, 0.15) is 10.4 Å². The Morgan fingerprint density at radius 3 is 3.14 bits per heavy atom. The Kier molecular flexibility index (Phi) is 3.16. The Bertz CT molecular complexity index is 854. The zero-order chi connectivity index (χ0) is 15.1. The van der Waals surface area contributed by atoms with Gasteiger partial charge >= 0.3 is 0 Å². The highest BCUT2D eigenvalue weighted by atomic mass is 32.1. The molecule has 7 heteroatoms. The normalized spacial score (nSPS) is 15.1. The van der Waals surface area contributed by atoms with E-state index in [-0.39, 0.29) is 10.6 Å². The predicted molar refractivity (Wildman–Crippen MR) is 84.8 cm³/mol. The van der Waals surface area contributed by atoms with Gasteiger partial charge in [-0.2, -0.15) is 5.10 Å². The van der Waals surface area contributed by atoms with E-state index >= 15 is 0 Å². The van der Waals surface area contributed by atoms with Crippen molar-refractivity contribution in [2.75, 3.05) is 6.54 Å². The number of thiophene rings is 1. The minimum absolute atomic E-state index is 0.105. The van der Waals surface area contributed by atoms with Crippen molar-refractivity contribution in [3.05, 3.63) is 56.4 Å². The number of nitro benzene ring substituents is 1. The maximum absolute atomic E-state index is 10.8. The maximum atomic E-state index is 10.8. The molecule has 0 fully saturated rings. The Labute approximate surface area is 130 Å². The summed E-state index contributed by atoms with van der Waals surface area (Å²) >= 11 is 1.83. The Morgan fingerprint density at radius 2 is 2.27 bits per heavy atom. The molecule has 2 aromatic heterocycles. The van der Waals surface area contributed by atoms with E-state index in [1.54, 1.807) is 18.3 Å². The van der Waals surface area contributed by atoms with Crippen LogP contribution >= 0.6 is 11.3 Å². The maximum Gasteiger partial charge on any atom is 0.270 e. The van der Waals surface area contributed by atoms with Crippen LogP contribution in [-0.4, -0.2) is 26.1 Å². The fourth-order valence-electron chi connectivity index (χ4n) is 2.92. The largest absolute Gasteiger partial charge is 0.280 e. The lowest BCUT2D eigenvalue weighted by Gasteiger charge is -2.26. The van der Waals surface area contributed by atoms with Gasteiger partial charge in [-0.05, 0) is 29.5 Å². The first-order valence-corrected chi connectivity index (χ1v) is 7.96. The van der Waals surface area contributed by atoms with Crippen LogP contribution in [0.15, 0.2) is 35.8 Å². The molecule has 0 saturated heterocycles. The highest BCUT2D eigenvalue weighted by molar-refractivity contribution is 7.10. The fourth-order valence-corrected chi connectivity index (χ4v) is 3.81. The molecular weight excluding hydrogens is 300 g/mol. The first-order valence-electron chi connectivity index (χ1n) is 7.08. The van der Waals surface area contributed by atoms with Gasteiger partial charge in [-0.25, -0.2) is 0 Å². The summed E-state index contributed by atoms with van der Waals surface area (Å²) in [4.78, 5) is 14.3. The molecule has 1 aromatic carbocycles. The fraction of sp³-hybridized carbons (Fsp3) is 0.267. The van der Waals surface area contributed by atoms with Gasteiger partial charge in [0.15, 0.2) is 0 Å². The number of fused-ring (bicyclic) bond motifs is 2. The average molecular weight is 314 g/mol. The van der Waals surface area contributed by atoms with Gasteiger partial charge < -0.3 is 0 Å². The number of nitro groups is 1. The molecule has 0 bridgehead atoms. The van der Waals surface area contributed by atoms with Crippen LogP contribution in [0.5, 0.6) is 0 Å². The highest BCUT2D eigenvalue weighted by Crippen LogP contribution is 2.25. The van der Waals surface area contributed by atoms with Crippen molar-refractivity contribution in [2.24, 2.45) is 0 Å². The summed E-state index contributed by atoms with van der Waals surface area (Å²) in [7, 11) is 0. The van der Waals surface area contributed by atoms with E-state index in [1.807, 2.05) is 16.0 Å². The van der Waals surface area contributed by atoms with Crippen molar-refractivity contribution in [2.45, 2.75) is 19.6 Å². The molecule has 0 amide bonds. The lowest BCUT2D eigenvalue weighted by molar-refractivity contribution is -0.384. The van der Waals surface area contributed by atoms with Crippen molar-refractivity contribution in [1.29, 1.82) is 0 Å². The smallest absolute Gasteiger partial charge is 0.270 e. The number of rotatable bonds is 3. The molecule has 1 aliphatic rings. The Balaban J connectivity index is 1.59. The van der Waals surface area contributed by atoms with Crippen molar-refractivity contribution in [3.63, 3.8) is 0 Å². The highest BCUT2D eigenvalue weighted by Gasteiger charge is 2.18. The standard InChI is InChI=1S/C15H14N4O2S/c20-19(21)13-1-2-14-12(7-13)8-16-18(14)10-17-5-3-15-11(9-17)4-6-22-15/h1-2,4,6-8H,3,5,9-10H2. The number of hydrogen-bond acceptors (Lipinski definition) is 5. The summed E-state index contributed by atoms with van der Waals surface area (Å²) in [6.07, 6.45) is 2.78. The number of benzene rings is 1. The molecule has 3 heterocycles. The molecule has 112 valence electrons. The first-order chi connectivity index (χ1) is 10.7. The summed E-state index contributed by atoms with van der Waals surface area (Å²) in [5.41, 5.74) is 2.44. The van der Waals surface area contributed by atoms with Crippen LogP contribution < -0.4 is 0 Å². The Morgan fingerprint density at radius 1 is 1.36 bits per heavy atom. The SMILES string of the molecule is O=[N+]([O-])c1ccc2c(cnn2CN2CCc3sccc3C2)c1. The van der Waals surface area contributed by atoms with Gasteiger partial charge in [0.2, 0.25) is 0 Å². The molecule has 0 saturated carbocycles. The molecule has 4 rings (SSSR count). The van der Waals surface area contributed by atoms with Crippen LogP contribution in [0.3, 0.4) is 0 Å². The van der Waals surface area contributed by atoms with E-state index in [2.05, 4.69) is 21.4 Å². The number of non-ortho nitro benzene ring substituents is 1. The average Bonchev–Trinajstić information content (AvgIpc) is 3.13. The van der Waals surface area contributed by atoms with Crippen LogP contribution in [0.4, 0.5) is 5.69 Å². The van der Waals surface area contributed by atoms with Crippen LogP contribution in [0, 0.1) is 10.1 Å². The molecular formula is C15H14N4O2S. The van der Waals surface area contributed by atoms with Gasteiger partial charge in [-0.15, -0.1) is 11.3 Å². The van der Waals surface area contributed by atoms with Gasteiger partial charge in [0.05, 0.1) is 23.3 Å². The molecule has 0 N–H and O–H groups in total. The number of hydrogen-bond donors (Lipinski definition) is 0. The van der Waals surface area contributed by atoms with Gasteiger partial charge in [0.25, 0.3) is 5.69 Å². The lowest BCUT2D eigenvalue weighted by atomic mass is 10.1. The van der Waals surface area contributed by atoms with E-state index in [9.17, 15) is 10.1 Å². The van der Waals surface area contributed by atoms with E-state index in [0.29, 0.717) is 6.67 Å². The predicted octanol–water partition coefficient (Wildman–Crippen LogP) is 3.02. The van der Waals surface area contributed by atoms with Crippen molar-refractivity contribution >= 4 is 27.9 Å². The monoisotopic (exact) mass is 314 g/mol.